The summed E-state index contributed by atoms with van der Waals surface area (Å²) in [5.74, 6) is 0. The standard InChI is InChI=1S/C6H13NO4/c7-2-4-6(10)3(8)1-5(9)11-4/h3-6,8-10H,1-2,7H2/t3-,4+,5?,6+/m0/s1. The minimum absolute atomic E-state index is 0.0394. The Morgan fingerprint density at radius 1 is 1.36 bits per heavy atom. The highest BCUT2D eigenvalue weighted by molar-refractivity contribution is 4.82. The van der Waals surface area contributed by atoms with E-state index in [1.54, 1.807) is 0 Å². The molecule has 5 nitrogen and oxygen atoms in total. The Bertz CT molecular complexity index is 132. The lowest BCUT2D eigenvalue weighted by Crippen LogP contribution is -2.51. The van der Waals surface area contributed by atoms with Gasteiger partial charge in [0.1, 0.15) is 12.2 Å². The maximum atomic E-state index is 9.19. The average Bonchev–Trinajstić information content (AvgIpc) is 1.96. The molecule has 1 unspecified atom stereocenters. The summed E-state index contributed by atoms with van der Waals surface area (Å²) in [5.41, 5.74) is 5.21. The van der Waals surface area contributed by atoms with Crippen molar-refractivity contribution in [1.82, 2.24) is 0 Å². The van der Waals surface area contributed by atoms with Gasteiger partial charge in [0.05, 0.1) is 6.10 Å². The molecule has 0 saturated carbocycles. The van der Waals surface area contributed by atoms with Gasteiger partial charge in [0.15, 0.2) is 6.29 Å². The number of aliphatic hydroxyl groups is 3. The van der Waals surface area contributed by atoms with Gasteiger partial charge in [-0.05, 0) is 0 Å². The molecule has 1 aliphatic heterocycles. The van der Waals surface area contributed by atoms with Crippen molar-refractivity contribution in [2.24, 2.45) is 5.73 Å². The molecule has 11 heavy (non-hydrogen) atoms. The van der Waals surface area contributed by atoms with Crippen LogP contribution in [0.25, 0.3) is 0 Å². The van der Waals surface area contributed by atoms with Crippen molar-refractivity contribution in [2.75, 3.05) is 6.54 Å². The van der Waals surface area contributed by atoms with Crippen LogP contribution in [0.15, 0.2) is 0 Å². The van der Waals surface area contributed by atoms with E-state index in [-0.39, 0.29) is 13.0 Å². The molecule has 1 rings (SSSR count). The summed E-state index contributed by atoms with van der Waals surface area (Å²) in [4.78, 5) is 0. The maximum Gasteiger partial charge on any atom is 0.157 e. The van der Waals surface area contributed by atoms with Gasteiger partial charge in [0, 0.05) is 13.0 Å². The van der Waals surface area contributed by atoms with E-state index in [4.69, 9.17) is 20.7 Å². The van der Waals surface area contributed by atoms with Crippen molar-refractivity contribution in [3.05, 3.63) is 0 Å². The molecule has 1 saturated heterocycles. The topological polar surface area (TPSA) is 95.9 Å². The minimum atomic E-state index is -1.01. The van der Waals surface area contributed by atoms with E-state index in [0.29, 0.717) is 0 Å². The summed E-state index contributed by atoms with van der Waals surface area (Å²) < 4.78 is 4.84. The largest absolute Gasteiger partial charge is 0.390 e. The SMILES string of the molecule is NC[C@H]1OC(O)C[C@H](O)[C@H]1O. The van der Waals surface area contributed by atoms with Crippen LogP contribution in [0.2, 0.25) is 0 Å². The fraction of sp³-hybridized carbons (Fsp3) is 1.00. The van der Waals surface area contributed by atoms with Crippen LogP contribution in [-0.2, 0) is 4.74 Å². The lowest BCUT2D eigenvalue weighted by Gasteiger charge is -2.34. The predicted molar refractivity (Wildman–Crippen MR) is 36.6 cm³/mol. The number of hydrogen-bond acceptors (Lipinski definition) is 5. The number of ether oxygens (including phenoxy) is 1. The molecule has 0 aromatic rings. The second-order valence-electron chi connectivity index (χ2n) is 2.66. The molecule has 1 heterocycles. The van der Waals surface area contributed by atoms with Gasteiger partial charge in [-0.3, -0.25) is 0 Å². The zero-order valence-electron chi connectivity index (χ0n) is 6.05. The normalized spacial score (nSPS) is 45.8. The molecule has 0 aliphatic carbocycles. The van der Waals surface area contributed by atoms with E-state index < -0.39 is 24.6 Å². The Labute approximate surface area is 64.4 Å². The quantitative estimate of drug-likeness (QED) is 0.351. The monoisotopic (exact) mass is 163 g/mol. The summed E-state index contributed by atoms with van der Waals surface area (Å²) in [6.45, 7) is 0.0925. The summed E-state index contributed by atoms with van der Waals surface area (Å²) >= 11 is 0. The van der Waals surface area contributed by atoms with Crippen LogP contribution >= 0.6 is 0 Å². The molecule has 1 fully saturated rings. The van der Waals surface area contributed by atoms with Gasteiger partial charge < -0.3 is 25.8 Å². The van der Waals surface area contributed by atoms with Crippen LogP contribution in [0.5, 0.6) is 0 Å². The molecule has 0 radical (unpaired) electrons. The van der Waals surface area contributed by atoms with Crippen molar-refractivity contribution >= 4 is 0 Å². The van der Waals surface area contributed by atoms with Crippen LogP contribution in [-0.4, -0.2) is 46.5 Å². The van der Waals surface area contributed by atoms with Crippen LogP contribution in [0.1, 0.15) is 6.42 Å². The summed E-state index contributed by atoms with van der Waals surface area (Å²) in [7, 11) is 0. The van der Waals surface area contributed by atoms with Gasteiger partial charge in [-0.2, -0.15) is 0 Å². The van der Waals surface area contributed by atoms with Gasteiger partial charge in [-0.25, -0.2) is 0 Å². The molecule has 0 amide bonds. The second kappa shape index (κ2) is 3.46. The number of nitrogens with two attached hydrogens (primary N) is 1. The second-order valence-corrected chi connectivity index (χ2v) is 2.66. The predicted octanol–water partition coefficient (Wildman–Crippen LogP) is -2.23. The summed E-state index contributed by atoms with van der Waals surface area (Å²) in [6.07, 6.45) is -3.55. The number of aliphatic hydroxyl groups excluding tert-OH is 3. The van der Waals surface area contributed by atoms with Crippen LogP contribution in [0, 0.1) is 0 Å². The fourth-order valence-corrected chi connectivity index (χ4v) is 1.13. The van der Waals surface area contributed by atoms with Gasteiger partial charge in [-0.1, -0.05) is 0 Å². The van der Waals surface area contributed by atoms with Crippen LogP contribution in [0.3, 0.4) is 0 Å². The molecule has 5 N–H and O–H groups in total. The molecule has 0 bridgehead atoms. The highest BCUT2D eigenvalue weighted by Gasteiger charge is 2.34. The van der Waals surface area contributed by atoms with Gasteiger partial charge in [0.25, 0.3) is 0 Å². The van der Waals surface area contributed by atoms with E-state index in [1.807, 2.05) is 0 Å². The zero-order valence-corrected chi connectivity index (χ0v) is 6.05. The Hall–Kier alpha value is -0.200. The third-order valence-electron chi connectivity index (χ3n) is 1.78. The molecule has 4 atom stereocenters. The average molecular weight is 163 g/mol. The molecule has 1 aliphatic rings. The lowest BCUT2D eigenvalue weighted by atomic mass is 10.0. The molecular weight excluding hydrogens is 150 g/mol. The molecular formula is C6H13NO4. The van der Waals surface area contributed by atoms with Gasteiger partial charge in [0.2, 0.25) is 0 Å². The highest BCUT2D eigenvalue weighted by atomic mass is 16.6. The molecule has 66 valence electrons. The zero-order chi connectivity index (χ0) is 8.43. The minimum Gasteiger partial charge on any atom is -0.390 e. The van der Waals surface area contributed by atoms with E-state index in [1.165, 1.54) is 0 Å². The van der Waals surface area contributed by atoms with Crippen molar-refractivity contribution in [2.45, 2.75) is 31.0 Å². The summed E-state index contributed by atoms with van der Waals surface area (Å²) in [5, 5.41) is 27.2. The van der Waals surface area contributed by atoms with Gasteiger partial charge >= 0.3 is 0 Å². The summed E-state index contributed by atoms with van der Waals surface area (Å²) in [6, 6.07) is 0. The first-order valence-electron chi connectivity index (χ1n) is 3.55. The first kappa shape index (κ1) is 8.89. The molecule has 0 aromatic carbocycles. The highest BCUT2D eigenvalue weighted by Crippen LogP contribution is 2.17. The van der Waals surface area contributed by atoms with Crippen LogP contribution < -0.4 is 5.73 Å². The van der Waals surface area contributed by atoms with E-state index in [2.05, 4.69) is 0 Å². The van der Waals surface area contributed by atoms with Crippen molar-refractivity contribution < 1.29 is 20.1 Å². The van der Waals surface area contributed by atoms with E-state index in [0.717, 1.165) is 0 Å². The first-order valence-corrected chi connectivity index (χ1v) is 3.55. The van der Waals surface area contributed by atoms with E-state index in [9.17, 15) is 5.11 Å². The third-order valence-corrected chi connectivity index (χ3v) is 1.78. The Kier molecular flexibility index (Phi) is 2.80. The lowest BCUT2D eigenvalue weighted by molar-refractivity contribution is -0.228. The first-order chi connectivity index (χ1) is 5.15. The number of hydrogen-bond donors (Lipinski definition) is 4. The van der Waals surface area contributed by atoms with Crippen molar-refractivity contribution in [1.29, 1.82) is 0 Å². The Morgan fingerprint density at radius 3 is 2.55 bits per heavy atom. The smallest absolute Gasteiger partial charge is 0.157 e. The van der Waals surface area contributed by atoms with Crippen molar-refractivity contribution in [3.63, 3.8) is 0 Å². The number of rotatable bonds is 1. The maximum absolute atomic E-state index is 9.19. The molecule has 0 aromatic heterocycles. The molecule has 0 spiro atoms. The molecule has 5 heteroatoms. The van der Waals surface area contributed by atoms with Gasteiger partial charge in [-0.15, -0.1) is 0 Å². The Morgan fingerprint density at radius 2 is 2.00 bits per heavy atom. The Balaban J connectivity index is 2.51. The third kappa shape index (κ3) is 1.88. The van der Waals surface area contributed by atoms with Crippen molar-refractivity contribution in [3.8, 4) is 0 Å². The van der Waals surface area contributed by atoms with E-state index >= 15 is 0 Å². The fourth-order valence-electron chi connectivity index (χ4n) is 1.13. The van der Waals surface area contributed by atoms with Crippen LogP contribution in [0.4, 0.5) is 0 Å².